The molecule has 1 aromatic carbocycles. The van der Waals surface area contributed by atoms with Gasteiger partial charge in [0.25, 0.3) is 0 Å². The first-order valence-electron chi connectivity index (χ1n) is 8.85. The Labute approximate surface area is 140 Å². The number of amides is 1. The SMILES string of the molecule is CCN(Cc1ccccc1)[C@@H]1CCCN(C(=O)[C@@H](N)C(C)C)C1. The van der Waals surface area contributed by atoms with Crippen LogP contribution in [-0.2, 0) is 11.3 Å². The molecule has 0 saturated carbocycles. The smallest absolute Gasteiger partial charge is 0.239 e. The molecule has 1 aliphatic heterocycles. The monoisotopic (exact) mass is 317 g/mol. The van der Waals surface area contributed by atoms with E-state index in [1.807, 2.05) is 24.8 Å². The van der Waals surface area contributed by atoms with E-state index < -0.39 is 0 Å². The standard InChI is InChI=1S/C19H31N3O/c1-4-21(13-16-9-6-5-7-10-16)17-11-8-12-22(14-17)19(23)18(20)15(2)3/h5-7,9-10,15,17-18H,4,8,11-14,20H2,1-3H3/t17-,18+/m1/s1. The van der Waals surface area contributed by atoms with Crippen molar-refractivity contribution in [1.29, 1.82) is 0 Å². The van der Waals surface area contributed by atoms with E-state index in [-0.39, 0.29) is 17.9 Å². The van der Waals surface area contributed by atoms with E-state index in [9.17, 15) is 4.79 Å². The van der Waals surface area contributed by atoms with Gasteiger partial charge in [0.15, 0.2) is 0 Å². The van der Waals surface area contributed by atoms with Crippen LogP contribution in [0.5, 0.6) is 0 Å². The summed E-state index contributed by atoms with van der Waals surface area (Å²) in [5.74, 6) is 0.301. The summed E-state index contributed by atoms with van der Waals surface area (Å²) in [6, 6.07) is 10.6. The maximum Gasteiger partial charge on any atom is 0.239 e. The molecule has 2 atom stereocenters. The first-order valence-corrected chi connectivity index (χ1v) is 8.85. The summed E-state index contributed by atoms with van der Waals surface area (Å²) in [6.45, 7) is 9.82. The number of nitrogens with zero attached hydrogens (tertiary/aromatic N) is 2. The number of rotatable bonds is 6. The van der Waals surface area contributed by atoms with E-state index in [0.717, 1.165) is 39.0 Å². The number of carbonyl (C=O) groups is 1. The van der Waals surface area contributed by atoms with Crippen molar-refractivity contribution in [3.8, 4) is 0 Å². The highest BCUT2D eigenvalue weighted by molar-refractivity contribution is 5.82. The van der Waals surface area contributed by atoms with Crippen LogP contribution in [-0.4, -0.2) is 47.4 Å². The molecule has 2 rings (SSSR count). The van der Waals surface area contributed by atoms with Crippen molar-refractivity contribution >= 4 is 5.91 Å². The second-order valence-electron chi connectivity index (χ2n) is 6.90. The highest BCUT2D eigenvalue weighted by Gasteiger charge is 2.30. The summed E-state index contributed by atoms with van der Waals surface area (Å²) in [5.41, 5.74) is 7.39. The zero-order chi connectivity index (χ0) is 16.8. The maximum atomic E-state index is 12.5. The summed E-state index contributed by atoms with van der Waals surface area (Å²) in [7, 11) is 0. The molecule has 1 aliphatic rings. The van der Waals surface area contributed by atoms with E-state index >= 15 is 0 Å². The number of hydrogen-bond acceptors (Lipinski definition) is 3. The third kappa shape index (κ3) is 4.79. The van der Waals surface area contributed by atoms with Gasteiger partial charge in [-0.2, -0.15) is 0 Å². The summed E-state index contributed by atoms with van der Waals surface area (Å²) in [4.78, 5) is 17.0. The number of likely N-dealkylation sites (tertiary alicyclic amines) is 1. The van der Waals surface area contributed by atoms with Crippen molar-refractivity contribution in [1.82, 2.24) is 9.80 Å². The fourth-order valence-corrected chi connectivity index (χ4v) is 3.27. The Balaban J connectivity index is 1.99. The Kier molecular flexibility index (Phi) is 6.60. The van der Waals surface area contributed by atoms with Gasteiger partial charge in [-0.1, -0.05) is 51.1 Å². The zero-order valence-corrected chi connectivity index (χ0v) is 14.7. The molecule has 1 amide bonds. The minimum absolute atomic E-state index is 0.112. The van der Waals surface area contributed by atoms with Crippen LogP contribution in [0.3, 0.4) is 0 Å². The zero-order valence-electron chi connectivity index (χ0n) is 14.7. The molecule has 0 spiro atoms. The van der Waals surface area contributed by atoms with E-state index in [4.69, 9.17) is 5.73 Å². The van der Waals surface area contributed by atoms with Crippen molar-refractivity contribution in [3.05, 3.63) is 35.9 Å². The quantitative estimate of drug-likeness (QED) is 0.877. The third-order valence-corrected chi connectivity index (χ3v) is 4.86. The lowest BCUT2D eigenvalue weighted by molar-refractivity contribution is -0.135. The second kappa shape index (κ2) is 8.46. The van der Waals surface area contributed by atoms with Crippen molar-refractivity contribution in [2.24, 2.45) is 11.7 Å². The number of nitrogens with two attached hydrogens (primary N) is 1. The number of benzene rings is 1. The lowest BCUT2D eigenvalue weighted by Gasteiger charge is -2.40. The molecule has 0 aromatic heterocycles. The van der Waals surface area contributed by atoms with E-state index in [1.165, 1.54) is 5.56 Å². The third-order valence-electron chi connectivity index (χ3n) is 4.86. The fraction of sp³-hybridized carbons (Fsp3) is 0.632. The van der Waals surface area contributed by atoms with Crippen molar-refractivity contribution in [2.75, 3.05) is 19.6 Å². The summed E-state index contributed by atoms with van der Waals surface area (Å²) >= 11 is 0. The van der Waals surface area contributed by atoms with Gasteiger partial charge in [0.2, 0.25) is 5.91 Å². The van der Waals surface area contributed by atoms with Gasteiger partial charge in [0.1, 0.15) is 0 Å². The molecule has 0 aliphatic carbocycles. The summed E-state index contributed by atoms with van der Waals surface area (Å²) < 4.78 is 0. The van der Waals surface area contributed by atoms with Crippen LogP contribution in [0.2, 0.25) is 0 Å². The first-order chi connectivity index (χ1) is 11.0. The molecular weight excluding hydrogens is 286 g/mol. The largest absolute Gasteiger partial charge is 0.340 e. The fourth-order valence-electron chi connectivity index (χ4n) is 3.27. The molecule has 23 heavy (non-hydrogen) atoms. The lowest BCUT2D eigenvalue weighted by Crippen LogP contribution is -2.54. The molecular formula is C19H31N3O. The van der Waals surface area contributed by atoms with E-state index in [0.29, 0.717) is 6.04 Å². The minimum atomic E-state index is -0.377. The molecule has 128 valence electrons. The Morgan fingerprint density at radius 2 is 2.04 bits per heavy atom. The topological polar surface area (TPSA) is 49.6 Å². The lowest BCUT2D eigenvalue weighted by atomic mass is 9.99. The van der Waals surface area contributed by atoms with Gasteiger partial charge < -0.3 is 10.6 Å². The first kappa shape index (κ1) is 18.0. The Bertz CT molecular complexity index is 489. The Hall–Kier alpha value is -1.39. The average Bonchev–Trinajstić information content (AvgIpc) is 2.59. The molecule has 0 radical (unpaired) electrons. The van der Waals surface area contributed by atoms with Crippen LogP contribution >= 0.6 is 0 Å². The average molecular weight is 317 g/mol. The predicted octanol–water partition coefficient (Wildman–Crippen LogP) is 2.48. The van der Waals surface area contributed by atoms with Gasteiger partial charge in [-0.15, -0.1) is 0 Å². The van der Waals surface area contributed by atoms with E-state index in [1.54, 1.807) is 0 Å². The molecule has 1 saturated heterocycles. The van der Waals surface area contributed by atoms with Gasteiger partial charge in [-0.05, 0) is 30.9 Å². The summed E-state index contributed by atoms with van der Waals surface area (Å²) in [6.07, 6.45) is 2.22. The summed E-state index contributed by atoms with van der Waals surface area (Å²) in [5, 5.41) is 0. The molecule has 4 heteroatoms. The Morgan fingerprint density at radius 1 is 1.35 bits per heavy atom. The van der Waals surface area contributed by atoms with Crippen LogP contribution < -0.4 is 5.73 Å². The second-order valence-corrected chi connectivity index (χ2v) is 6.90. The van der Waals surface area contributed by atoms with Gasteiger partial charge >= 0.3 is 0 Å². The van der Waals surface area contributed by atoms with Crippen molar-refractivity contribution in [2.45, 2.75) is 52.2 Å². The molecule has 0 unspecified atom stereocenters. The van der Waals surface area contributed by atoms with Crippen LogP contribution in [0.1, 0.15) is 39.2 Å². The molecule has 0 bridgehead atoms. The molecule has 1 aromatic rings. The number of hydrogen-bond donors (Lipinski definition) is 1. The maximum absolute atomic E-state index is 12.5. The van der Waals surface area contributed by atoms with Gasteiger partial charge in [0, 0.05) is 25.7 Å². The molecule has 2 N–H and O–H groups in total. The number of piperidine rings is 1. The molecule has 1 fully saturated rings. The van der Waals surface area contributed by atoms with Crippen molar-refractivity contribution in [3.63, 3.8) is 0 Å². The highest BCUT2D eigenvalue weighted by atomic mass is 16.2. The van der Waals surface area contributed by atoms with Gasteiger partial charge in [-0.25, -0.2) is 0 Å². The van der Waals surface area contributed by atoms with Gasteiger partial charge in [0.05, 0.1) is 6.04 Å². The molecule has 4 nitrogen and oxygen atoms in total. The Morgan fingerprint density at radius 3 is 2.65 bits per heavy atom. The van der Waals surface area contributed by atoms with Gasteiger partial charge in [-0.3, -0.25) is 9.69 Å². The number of likely N-dealkylation sites (N-methyl/N-ethyl adjacent to an activating group) is 1. The van der Waals surface area contributed by atoms with Crippen LogP contribution in [0.4, 0.5) is 0 Å². The van der Waals surface area contributed by atoms with E-state index in [2.05, 4.69) is 36.1 Å². The minimum Gasteiger partial charge on any atom is -0.340 e. The number of carbonyl (C=O) groups excluding carboxylic acids is 1. The normalized spacial score (nSPS) is 20.1. The highest BCUT2D eigenvalue weighted by Crippen LogP contribution is 2.19. The predicted molar refractivity (Wildman–Crippen MR) is 94.9 cm³/mol. The van der Waals surface area contributed by atoms with Crippen LogP contribution in [0.25, 0.3) is 0 Å². The van der Waals surface area contributed by atoms with Crippen molar-refractivity contribution < 1.29 is 4.79 Å². The molecule has 1 heterocycles. The van der Waals surface area contributed by atoms with Crippen LogP contribution in [0.15, 0.2) is 30.3 Å². The van der Waals surface area contributed by atoms with Crippen LogP contribution in [0, 0.1) is 5.92 Å².